The first kappa shape index (κ1) is 18.4. The molecule has 29 heavy (non-hydrogen) atoms. The number of carbonyl (C=O) groups excluding carboxylic acids is 1. The normalized spacial score (nSPS) is 11.3. The van der Waals surface area contributed by atoms with Crippen LogP contribution in [-0.4, -0.2) is 15.4 Å². The molecule has 6 heteroatoms. The molecular weight excluding hydrogens is 366 g/mol. The van der Waals surface area contributed by atoms with Crippen molar-refractivity contribution in [2.75, 3.05) is 5.32 Å². The molecule has 4 aromatic rings. The van der Waals surface area contributed by atoms with E-state index in [0.29, 0.717) is 5.56 Å². The number of para-hydroxylation sites is 1. The molecule has 1 heterocycles. The molecule has 1 N–H and O–H groups in total. The smallest absolute Gasteiger partial charge is 0.269 e. The van der Waals surface area contributed by atoms with Gasteiger partial charge in [-0.05, 0) is 55.0 Å². The molecular formula is C23H19N3O3. The number of nitro groups is 1. The Labute approximate surface area is 167 Å². The number of benzene rings is 3. The minimum atomic E-state index is -0.453. The zero-order valence-electron chi connectivity index (χ0n) is 15.8. The van der Waals surface area contributed by atoms with Crippen molar-refractivity contribution in [3.63, 3.8) is 0 Å². The Bertz CT molecular complexity index is 1250. The fraction of sp³-hybridized carbons (Fsp3) is 0.0870. The molecule has 0 atom stereocenters. The monoisotopic (exact) mass is 385 g/mol. The Hall–Kier alpha value is -3.93. The highest BCUT2D eigenvalue weighted by Gasteiger charge is 2.10. The Kier molecular flexibility index (Phi) is 4.83. The van der Waals surface area contributed by atoms with Crippen molar-refractivity contribution in [2.45, 2.75) is 13.5 Å². The van der Waals surface area contributed by atoms with E-state index in [-0.39, 0.29) is 11.6 Å². The highest BCUT2D eigenvalue weighted by Crippen LogP contribution is 2.31. The summed E-state index contributed by atoms with van der Waals surface area (Å²) in [6.07, 6.45) is 3.04. The van der Waals surface area contributed by atoms with Crippen LogP contribution < -0.4 is 5.32 Å². The molecule has 0 aliphatic heterocycles. The first-order valence-electron chi connectivity index (χ1n) is 9.31. The molecule has 0 fully saturated rings. The fourth-order valence-corrected chi connectivity index (χ4v) is 3.54. The van der Waals surface area contributed by atoms with Gasteiger partial charge in [0.1, 0.15) is 0 Å². The number of hydrogen-bond donors (Lipinski definition) is 1. The van der Waals surface area contributed by atoms with Gasteiger partial charge in [0.2, 0.25) is 5.91 Å². The average molecular weight is 385 g/mol. The largest absolute Gasteiger partial charge is 0.341 e. The van der Waals surface area contributed by atoms with Gasteiger partial charge in [-0.3, -0.25) is 14.9 Å². The molecule has 1 aromatic heterocycles. The van der Waals surface area contributed by atoms with Crippen LogP contribution in [-0.2, 0) is 11.3 Å². The summed E-state index contributed by atoms with van der Waals surface area (Å²) in [6.45, 7) is 2.98. The third-order valence-corrected chi connectivity index (χ3v) is 4.89. The van der Waals surface area contributed by atoms with Gasteiger partial charge in [0.15, 0.2) is 0 Å². The van der Waals surface area contributed by atoms with E-state index in [4.69, 9.17) is 0 Å². The quantitative estimate of drug-likeness (QED) is 0.285. The Morgan fingerprint density at radius 2 is 1.76 bits per heavy atom. The molecule has 4 rings (SSSR count). The van der Waals surface area contributed by atoms with E-state index < -0.39 is 4.92 Å². The van der Waals surface area contributed by atoms with Crippen molar-refractivity contribution in [1.82, 2.24) is 4.57 Å². The second-order valence-electron chi connectivity index (χ2n) is 6.66. The topological polar surface area (TPSA) is 77.2 Å². The van der Waals surface area contributed by atoms with Gasteiger partial charge in [0.05, 0.1) is 4.92 Å². The van der Waals surface area contributed by atoms with E-state index in [0.717, 1.165) is 28.5 Å². The van der Waals surface area contributed by atoms with Gasteiger partial charge in [-0.25, -0.2) is 0 Å². The predicted molar refractivity (Wildman–Crippen MR) is 116 cm³/mol. The third kappa shape index (κ3) is 3.60. The van der Waals surface area contributed by atoms with Gasteiger partial charge in [0, 0.05) is 52.2 Å². The SMILES string of the molecule is CCn1c2ccccc2c2cc(NC(=O)/C=C/c3ccc([N+](=O)[O-])cc3)ccc21. The second kappa shape index (κ2) is 7.59. The van der Waals surface area contributed by atoms with E-state index in [2.05, 4.69) is 28.9 Å². The number of hydrogen-bond acceptors (Lipinski definition) is 3. The number of carbonyl (C=O) groups is 1. The zero-order valence-corrected chi connectivity index (χ0v) is 15.8. The Morgan fingerprint density at radius 1 is 1.03 bits per heavy atom. The first-order valence-corrected chi connectivity index (χ1v) is 9.31. The molecule has 0 aliphatic carbocycles. The number of rotatable bonds is 5. The second-order valence-corrected chi connectivity index (χ2v) is 6.66. The number of fused-ring (bicyclic) bond motifs is 3. The molecule has 6 nitrogen and oxygen atoms in total. The molecule has 3 aromatic carbocycles. The van der Waals surface area contributed by atoms with E-state index in [1.807, 2.05) is 30.3 Å². The highest BCUT2D eigenvalue weighted by atomic mass is 16.6. The lowest BCUT2D eigenvalue weighted by atomic mass is 10.1. The summed E-state index contributed by atoms with van der Waals surface area (Å²) in [4.78, 5) is 22.6. The zero-order chi connectivity index (χ0) is 20.4. The number of aromatic nitrogens is 1. The summed E-state index contributed by atoms with van der Waals surface area (Å²) in [5.41, 5.74) is 3.76. The molecule has 144 valence electrons. The van der Waals surface area contributed by atoms with Crippen molar-refractivity contribution in [3.8, 4) is 0 Å². The Balaban J connectivity index is 1.56. The van der Waals surface area contributed by atoms with Crippen molar-refractivity contribution in [2.24, 2.45) is 0 Å². The van der Waals surface area contributed by atoms with Crippen LogP contribution in [0.25, 0.3) is 27.9 Å². The van der Waals surface area contributed by atoms with Gasteiger partial charge >= 0.3 is 0 Å². The van der Waals surface area contributed by atoms with Crippen LogP contribution in [0.15, 0.2) is 72.8 Å². The summed E-state index contributed by atoms with van der Waals surface area (Å²) in [5.74, 6) is -0.262. The van der Waals surface area contributed by atoms with Crippen molar-refractivity contribution < 1.29 is 9.72 Å². The lowest BCUT2D eigenvalue weighted by Crippen LogP contribution is -2.07. The molecule has 0 aliphatic rings. The molecule has 1 amide bonds. The number of amides is 1. The van der Waals surface area contributed by atoms with E-state index in [1.54, 1.807) is 18.2 Å². The number of nitro benzene ring substituents is 1. The highest BCUT2D eigenvalue weighted by molar-refractivity contribution is 6.10. The summed E-state index contributed by atoms with van der Waals surface area (Å²) in [6, 6.07) is 20.2. The van der Waals surface area contributed by atoms with Gasteiger partial charge < -0.3 is 9.88 Å². The van der Waals surface area contributed by atoms with Gasteiger partial charge in [-0.2, -0.15) is 0 Å². The minimum absolute atomic E-state index is 0.0196. The molecule has 0 radical (unpaired) electrons. The van der Waals surface area contributed by atoms with Gasteiger partial charge in [0.25, 0.3) is 5.69 Å². The van der Waals surface area contributed by atoms with Crippen molar-refractivity contribution in [3.05, 3.63) is 88.5 Å². The standard InChI is InChI=1S/C23H19N3O3/c1-2-25-21-6-4-3-5-19(21)20-15-17(10-13-22(20)25)24-23(27)14-9-16-7-11-18(12-8-16)26(28)29/h3-15H,2H2,1H3,(H,24,27)/b14-9+. The lowest BCUT2D eigenvalue weighted by molar-refractivity contribution is -0.384. The van der Waals surface area contributed by atoms with E-state index in [9.17, 15) is 14.9 Å². The van der Waals surface area contributed by atoms with Crippen LogP contribution in [0.1, 0.15) is 12.5 Å². The van der Waals surface area contributed by atoms with Crippen LogP contribution in [0, 0.1) is 10.1 Å². The fourth-order valence-electron chi connectivity index (χ4n) is 3.54. The van der Waals surface area contributed by atoms with Crippen LogP contribution in [0.4, 0.5) is 11.4 Å². The summed E-state index contributed by atoms with van der Waals surface area (Å²) >= 11 is 0. The summed E-state index contributed by atoms with van der Waals surface area (Å²) < 4.78 is 2.25. The van der Waals surface area contributed by atoms with Crippen molar-refractivity contribution >= 4 is 45.2 Å². The molecule has 0 saturated heterocycles. The number of nitrogens with one attached hydrogen (secondary N) is 1. The summed E-state index contributed by atoms with van der Waals surface area (Å²) in [5, 5.41) is 15.8. The molecule has 0 spiro atoms. The van der Waals surface area contributed by atoms with Crippen molar-refractivity contribution in [1.29, 1.82) is 0 Å². The number of nitrogens with zero attached hydrogens (tertiary/aromatic N) is 2. The number of aryl methyl sites for hydroxylation is 1. The third-order valence-electron chi connectivity index (χ3n) is 4.89. The minimum Gasteiger partial charge on any atom is -0.341 e. The maximum absolute atomic E-state index is 12.3. The number of anilines is 1. The van der Waals surface area contributed by atoms with E-state index in [1.165, 1.54) is 23.7 Å². The summed E-state index contributed by atoms with van der Waals surface area (Å²) in [7, 11) is 0. The number of non-ortho nitro benzene ring substituents is 1. The predicted octanol–water partition coefficient (Wildman–Crippen LogP) is 5.37. The van der Waals surface area contributed by atoms with Crippen LogP contribution in [0.5, 0.6) is 0 Å². The van der Waals surface area contributed by atoms with Crippen LogP contribution >= 0.6 is 0 Å². The van der Waals surface area contributed by atoms with Crippen LogP contribution in [0.3, 0.4) is 0 Å². The maximum Gasteiger partial charge on any atom is 0.269 e. The molecule has 0 unspecified atom stereocenters. The lowest BCUT2D eigenvalue weighted by Gasteiger charge is -2.05. The van der Waals surface area contributed by atoms with E-state index >= 15 is 0 Å². The maximum atomic E-state index is 12.3. The molecule has 0 bridgehead atoms. The molecule has 0 saturated carbocycles. The van der Waals surface area contributed by atoms with Gasteiger partial charge in [-0.1, -0.05) is 18.2 Å². The van der Waals surface area contributed by atoms with Gasteiger partial charge in [-0.15, -0.1) is 0 Å². The van der Waals surface area contributed by atoms with Crippen LogP contribution in [0.2, 0.25) is 0 Å². The Morgan fingerprint density at radius 3 is 2.48 bits per heavy atom. The first-order chi connectivity index (χ1) is 14.1. The average Bonchev–Trinajstić information content (AvgIpc) is 3.05.